The van der Waals surface area contributed by atoms with Crippen molar-refractivity contribution in [3.05, 3.63) is 24.3 Å². The summed E-state index contributed by atoms with van der Waals surface area (Å²) in [5.41, 5.74) is 0.278. The van der Waals surface area contributed by atoms with E-state index in [0.29, 0.717) is 49.8 Å². The number of piperazine rings is 1. The molecule has 1 aromatic rings. The average Bonchev–Trinajstić information content (AvgIpc) is 2.78. The quantitative estimate of drug-likeness (QED) is 0.626. The Balaban J connectivity index is 1.05. The summed E-state index contributed by atoms with van der Waals surface area (Å²) in [6.45, 7) is 3.70. The minimum atomic E-state index is -3.49. The molecule has 4 aliphatic carbocycles. The molecule has 0 spiro atoms. The molecule has 5 aliphatic rings. The smallest absolute Gasteiger partial charge is 0.243 e. The fraction of sp³-hybridized carbons (Fsp3) is 0.720. The van der Waals surface area contributed by atoms with Crippen molar-refractivity contribution in [1.29, 1.82) is 0 Å². The number of amides is 1. The van der Waals surface area contributed by atoms with E-state index in [4.69, 9.17) is 4.74 Å². The van der Waals surface area contributed by atoms with Crippen LogP contribution in [0.2, 0.25) is 0 Å². The number of hydrogen-bond donors (Lipinski definition) is 1. The van der Waals surface area contributed by atoms with Gasteiger partial charge in [0.1, 0.15) is 5.75 Å². The monoisotopic (exact) mass is 475 g/mol. The molecule has 5 fully saturated rings. The molecule has 6 rings (SSSR count). The lowest BCUT2D eigenvalue weighted by molar-refractivity contribution is -0.129. The van der Waals surface area contributed by atoms with Crippen LogP contribution in [0.1, 0.15) is 44.9 Å². The third kappa shape index (κ3) is 4.93. The standard InChI is InChI=1S/C25H37N3O4S/c1-32-22-2-4-23(5-3-22)33(30,31)28-10-8-27(9-11-28)7-6-26-24(29)18-25-15-19-12-20(16-25)14-21(13-19)17-25/h2-5,19-21H,6-18H2,1H3,(H,26,29). The van der Waals surface area contributed by atoms with E-state index < -0.39 is 10.0 Å². The van der Waals surface area contributed by atoms with Crippen LogP contribution in [0.3, 0.4) is 0 Å². The molecule has 1 aromatic carbocycles. The van der Waals surface area contributed by atoms with Crippen LogP contribution in [0.5, 0.6) is 5.75 Å². The Morgan fingerprint density at radius 3 is 2.12 bits per heavy atom. The SMILES string of the molecule is COc1ccc(S(=O)(=O)N2CCN(CCNC(=O)CC34CC5CC(CC(C5)C3)C4)CC2)cc1. The first-order valence-electron chi connectivity index (χ1n) is 12.5. The fourth-order valence-corrected chi connectivity index (χ4v) is 8.78. The van der Waals surface area contributed by atoms with Gasteiger partial charge in [0.05, 0.1) is 12.0 Å². The van der Waals surface area contributed by atoms with Crippen molar-refractivity contribution in [2.45, 2.75) is 49.8 Å². The predicted octanol–water partition coefficient (Wildman–Crippen LogP) is 2.72. The third-order valence-electron chi connectivity index (χ3n) is 8.48. The maximum Gasteiger partial charge on any atom is 0.243 e. The highest BCUT2D eigenvalue weighted by Crippen LogP contribution is 2.61. The Morgan fingerprint density at radius 1 is 1.00 bits per heavy atom. The molecule has 0 atom stereocenters. The van der Waals surface area contributed by atoms with Gasteiger partial charge in [0, 0.05) is 45.7 Å². The van der Waals surface area contributed by atoms with Gasteiger partial charge in [-0.1, -0.05) is 0 Å². The first kappa shape index (κ1) is 23.1. The molecule has 1 N–H and O–H groups in total. The molecule has 1 aliphatic heterocycles. The van der Waals surface area contributed by atoms with Crippen LogP contribution in [0, 0.1) is 23.2 Å². The van der Waals surface area contributed by atoms with E-state index in [0.717, 1.165) is 24.3 Å². The molecule has 1 amide bonds. The minimum absolute atomic E-state index is 0.206. The van der Waals surface area contributed by atoms with Gasteiger partial charge in [0.15, 0.2) is 0 Å². The van der Waals surface area contributed by atoms with E-state index in [1.807, 2.05) is 0 Å². The number of carbonyl (C=O) groups is 1. The molecule has 182 valence electrons. The second-order valence-electron chi connectivity index (χ2n) is 10.9. The van der Waals surface area contributed by atoms with Gasteiger partial charge in [-0.25, -0.2) is 8.42 Å². The van der Waals surface area contributed by atoms with Gasteiger partial charge < -0.3 is 10.1 Å². The van der Waals surface area contributed by atoms with Crippen molar-refractivity contribution in [2.24, 2.45) is 23.2 Å². The summed E-state index contributed by atoms with van der Waals surface area (Å²) in [6, 6.07) is 6.55. The summed E-state index contributed by atoms with van der Waals surface area (Å²) in [7, 11) is -1.93. The lowest BCUT2D eigenvalue weighted by Crippen LogP contribution is -2.50. The number of nitrogens with one attached hydrogen (secondary N) is 1. The third-order valence-corrected chi connectivity index (χ3v) is 10.4. The number of carbonyl (C=O) groups excluding carboxylic acids is 1. The highest BCUT2D eigenvalue weighted by Gasteiger charge is 2.51. The largest absolute Gasteiger partial charge is 0.497 e. The van der Waals surface area contributed by atoms with Crippen LogP contribution in [0.25, 0.3) is 0 Å². The van der Waals surface area contributed by atoms with Crippen molar-refractivity contribution < 1.29 is 17.9 Å². The van der Waals surface area contributed by atoms with E-state index in [2.05, 4.69) is 10.2 Å². The van der Waals surface area contributed by atoms with Gasteiger partial charge >= 0.3 is 0 Å². The van der Waals surface area contributed by atoms with E-state index in [9.17, 15) is 13.2 Å². The number of hydrogen-bond acceptors (Lipinski definition) is 5. The summed E-state index contributed by atoms with van der Waals surface area (Å²) in [6.07, 6.45) is 8.69. The molecule has 4 bridgehead atoms. The molecule has 1 heterocycles. The Labute approximate surface area is 197 Å². The molecule has 0 unspecified atom stereocenters. The maximum atomic E-state index is 12.9. The maximum absolute atomic E-state index is 12.9. The minimum Gasteiger partial charge on any atom is -0.497 e. The topological polar surface area (TPSA) is 79.0 Å². The molecule has 1 saturated heterocycles. The van der Waals surface area contributed by atoms with Crippen molar-refractivity contribution in [1.82, 2.24) is 14.5 Å². The lowest BCUT2D eigenvalue weighted by atomic mass is 9.49. The van der Waals surface area contributed by atoms with Gasteiger partial charge in [0.25, 0.3) is 0 Å². The van der Waals surface area contributed by atoms with E-state index in [1.165, 1.54) is 38.5 Å². The molecule has 7 nitrogen and oxygen atoms in total. The molecule has 8 heteroatoms. The van der Waals surface area contributed by atoms with Crippen molar-refractivity contribution in [2.75, 3.05) is 46.4 Å². The first-order valence-corrected chi connectivity index (χ1v) is 13.9. The second-order valence-corrected chi connectivity index (χ2v) is 12.8. The molecule has 0 aromatic heterocycles. The normalized spacial score (nSPS) is 32.1. The van der Waals surface area contributed by atoms with Gasteiger partial charge in [-0.15, -0.1) is 0 Å². The van der Waals surface area contributed by atoms with Gasteiger partial charge in [-0.3, -0.25) is 9.69 Å². The predicted molar refractivity (Wildman–Crippen MR) is 126 cm³/mol. The van der Waals surface area contributed by atoms with Crippen molar-refractivity contribution in [3.8, 4) is 5.75 Å². The molecular weight excluding hydrogens is 438 g/mol. The number of methoxy groups -OCH3 is 1. The van der Waals surface area contributed by atoms with E-state index in [1.54, 1.807) is 35.7 Å². The average molecular weight is 476 g/mol. The summed E-state index contributed by atoms with van der Waals surface area (Å²) in [4.78, 5) is 15.3. The zero-order chi connectivity index (χ0) is 23.1. The lowest BCUT2D eigenvalue weighted by Gasteiger charge is -2.56. The van der Waals surface area contributed by atoms with Crippen LogP contribution < -0.4 is 10.1 Å². The van der Waals surface area contributed by atoms with Crippen LogP contribution in [0.15, 0.2) is 29.2 Å². The summed E-state index contributed by atoms with van der Waals surface area (Å²) in [5.74, 6) is 3.46. The first-order chi connectivity index (χ1) is 15.8. The van der Waals surface area contributed by atoms with E-state index in [-0.39, 0.29) is 11.3 Å². The Bertz CT molecular complexity index is 919. The van der Waals surface area contributed by atoms with Crippen LogP contribution >= 0.6 is 0 Å². The Morgan fingerprint density at radius 2 is 1.58 bits per heavy atom. The van der Waals surface area contributed by atoms with Gasteiger partial charge in [0.2, 0.25) is 15.9 Å². The van der Waals surface area contributed by atoms with Gasteiger partial charge in [-0.2, -0.15) is 4.31 Å². The van der Waals surface area contributed by atoms with Crippen LogP contribution in [0.4, 0.5) is 0 Å². The zero-order valence-corrected chi connectivity index (χ0v) is 20.5. The Hall–Kier alpha value is -1.64. The summed E-state index contributed by atoms with van der Waals surface area (Å²) in [5, 5.41) is 3.16. The van der Waals surface area contributed by atoms with E-state index >= 15 is 0 Å². The molecular formula is C25H37N3O4S. The van der Waals surface area contributed by atoms with Gasteiger partial charge in [-0.05, 0) is 86.0 Å². The molecule has 33 heavy (non-hydrogen) atoms. The van der Waals surface area contributed by atoms with Crippen molar-refractivity contribution >= 4 is 15.9 Å². The highest BCUT2D eigenvalue weighted by atomic mass is 32.2. The molecule has 0 radical (unpaired) electrons. The number of rotatable bonds is 8. The number of sulfonamides is 1. The number of ether oxygens (including phenoxy) is 1. The highest BCUT2D eigenvalue weighted by molar-refractivity contribution is 7.89. The number of nitrogens with zero attached hydrogens (tertiary/aromatic N) is 2. The van der Waals surface area contributed by atoms with Crippen LogP contribution in [-0.4, -0.2) is 69.9 Å². The summed E-state index contributed by atoms with van der Waals surface area (Å²) < 4.78 is 32.5. The van der Waals surface area contributed by atoms with Crippen LogP contribution in [-0.2, 0) is 14.8 Å². The fourth-order valence-electron chi connectivity index (χ4n) is 7.35. The molecule has 4 saturated carbocycles. The summed E-state index contributed by atoms with van der Waals surface area (Å²) >= 11 is 0. The Kier molecular flexibility index (Phi) is 6.44. The zero-order valence-electron chi connectivity index (χ0n) is 19.7. The number of benzene rings is 1. The second kappa shape index (κ2) is 9.19. The van der Waals surface area contributed by atoms with Crippen molar-refractivity contribution in [3.63, 3.8) is 0 Å².